The second-order valence-corrected chi connectivity index (χ2v) is 5.51. The van der Waals surface area contributed by atoms with Gasteiger partial charge in [-0.2, -0.15) is 10.1 Å². The number of hydrogen-bond donors (Lipinski definition) is 4. The van der Waals surface area contributed by atoms with Crippen molar-refractivity contribution in [2.24, 2.45) is 0 Å². The van der Waals surface area contributed by atoms with Crippen LogP contribution in [-0.2, 0) is 0 Å². The molecule has 3 aromatic heterocycles. The normalized spacial score (nSPS) is 12.7. The summed E-state index contributed by atoms with van der Waals surface area (Å²) in [6.45, 7) is 2.11. The molecule has 3 rings (SSSR count). The van der Waals surface area contributed by atoms with E-state index in [1.165, 1.54) is 0 Å². The molecule has 0 spiro atoms. The Morgan fingerprint density at radius 2 is 2.35 bits per heavy atom. The Morgan fingerprint density at radius 1 is 1.50 bits per heavy atom. The number of nitrogens with two attached hydrogens (primary N) is 1. The first-order valence-electron chi connectivity index (χ1n) is 6.12. The predicted octanol–water partition coefficient (Wildman–Crippen LogP) is 1.46. The van der Waals surface area contributed by atoms with E-state index in [0.717, 1.165) is 20.8 Å². The molecule has 0 unspecified atom stereocenters. The lowest BCUT2D eigenvalue weighted by atomic mass is 10.3. The first-order chi connectivity index (χ1) is 9.63. The standard InChI is InChI=1S/C12H14N6OS/c1-6(19)5-14-11-10-8(16-12(13)17-11)4-9(20-10)7-2-3-15-18-7/h2-4,6,19H,5H2,1H3,(H,15,18)(H3,13,14,16,17)/t6-/m0/s1. The number of hydrogen-bond acceptors (Lipinski definition) is 7. The fraction of sp³-hybridized carbons (Fsp3) is 0.250. The molecule has 3 aromatic rings. The van der Waals surface area contributed by atoms with E-state index in [9.17, 15) is 5.11 Å². The summed E-state index contributed by atoms with van der Waals surface area (Å²) in [4.78, 5) is 9.44. The molecule has 0 aliphatic rings. The maximum absolute atomic E-state index is 9.36. The molecule has 0 saturated heterocycles. The third-order valence-electron chi connectivity index (χ3n) is 2.72. The minimum Gasteiger partial charge on any atom is -0.392 e. The van der Waals surface area contributed by atoms with Gasteiger partial charge in [-0.05, 0) is 19.1 Å². The molecule has 0 aliphatic heterocycles. The molecule has 1 atom stereocenters. The molecule has 0 radical (unpaired) electrons. The summed E-state index contributed by atoms with van der Waals surface area (Å²) in [6, 6.07) is 3.84. The van der Waals surface area contributed by atoms with E-state index < -0.39 is 6.10 Å². The smallest absolute Gasteiger partial charge is 0.222 e. The molecule has 0 bridgehead atoms. The number of aromatic nitrogens is 4. The monoisotopic (exact) mass is 290 g/mol. The number of aliphatic hydroxyl groups excluding tert-OH is 1. The molecule has 0 aliphatic carbocycles. The highest BCUT2D eigenvalue weighted by Gasteiger charge is 2.13. The third-order valence-corrected chi connectivity index (χ3v) is 3.88. The molecule has 7 nitrogen and oxygen atoms in total. The van der Waals surface area contributed by atoms with Crippen molar-refractivity contribution in [3.05, 3.63) is 18.3 Å². The van der Waals surface area contributed by atoms with Crippen molar-refractivity contribution in [3.8, 4) is 10.6 Å². The van der Waals surface area contributed by atoms with E-state index in [-0.39, 0.29) is 5.95 Å². The Balaban J connectivity index is 2.05. The number of nitrogen functional groups attached to an aromatic ring is 1. The topological polar surface area (TPSA) is 113 Å². The second kappa shape index (κ2) is 5.06. The van der Waals surface area contributed by atoms with E-state index in [1.54, 1.807) is 24.5 Å². The minimum atomic E-state index is -0.465. The largest absolute Gasteiger partial charge is 0.392 e. The summed E-state index contributed by atoms with van der Waals surface area (Å²) in [5, 5.41) is 19.3. The molecule has 0 fully saturated rings. The van der Waals surface area contributed by atoms with Crippen LogP contribution in [-0.4, -0.2) is 37.9 Å². The number of H-pyrrole nitrogens is 1. The Bertz CT molecular complexity index is 721. The van der Waals surface area contributed by atoms with Crippen molar-refractivity contribution in [1.82, 2.24) is 20.2 Å². The first kappa shape index (κ1) is 12.8. The van der Waals surface area contributed by atoms with Crippen molar-refractivity contribution < 1.29 is 5.11 Å². The molecule has 3 heterocycles. The Kier molecular flexibility index (Phi) is 3.25. The van der Waals surface area contributed by atoms with Crippen LogP contribution < -0.4 is 11.1 Å². The fourth-order valence-electron chi connectivity index (χ4n) is 1.84. The van der Waals surface area contributed by atoms with Gasteiger partial charge in [0.25, 0.3) is 0 Å². The molecule has 20 heavy (non-hydrogen) atoms. The van der Waals surface area contributed by atoms with Gasteiger partial charge in [0.15, 0.2) is 0 Å². The number of anilines is 2. The summed E-state index contributed by atoms with van der Waals surface area (Å²) in [5.41, 5.74) is 7.42. The van der Waals surface area contributed by atoms with Crippen molar-refractivity contribution in [2.75, 3.05) is 17.6 Å². The zero-order valence-corrected chi connectivity index (χ0v) is 11.6. The molecule has 104 valence electrons. The third kappa shape index (κ3) is 2.43. The molecular formula is C12H14N6OS. The molecule has 5 N–H and O–H groups in total. The highest BCUT2D eigenvalue weighted by atomic mass is 32.1. The van der Waals surface area contributed by atoms with Crippen LogP contribution in [0.2, 0.25) is 0 Å². The van der Waals surface area contributed by atoms with Gasteiger partial charge in [0.2, 0.25) is 5.95 Å². The number of nitrogens with zero attached hydrogens (tertiary/aromatic N) is 3. The average Bonchev–Trinajstić information content (AvgIpc) is 3.03. The fourth-order valence-corrected chi connectivity index (χ4v) is 2.88. The summed E-state index contributed by atoms with van der Waals surface area (Å²) < 4.78 is 0.907. The quantitative estimate of drug-likeness (QED) is 0.578. The van der Waals surface area contributed by atoms with Crippen molar-refractivity contribution >= 4 is 33.3 Å². The van der Waals surface area contributed by atoms with E-state index >= 15 is 0 Å². The number of nitrogens with one attached hydrogen (secondary N) is 2. The molecule has 0 saturated carbocycles. The second-order valence-electron chi connectivity index (χ2n) is 4.46. The van der Waals surface area contributed by atoms with Gasteiger partial charge in [0, 0.05) is 12.7 Å². The average molecular weight is 290 g/mol. The Hall–Kier alpha value is -2.19. The van der Waals surface area contributed by atoms with Gasteiger partial charge >= 0.3 is 0 Å². The van der Waals surface area contributed by atoms with Crippen molar-refractivity contribution in [2.45, 2.75) is 13.0 Å². The predicted molar refractivity (Wildman–Crippen MR) is 79.6 cm³/mol. The zero-order chi connectivity index (χ0) is 14.1. The highest BCUT2D eigenvalue weighted by Crippen LogP contribution is 2.35. The maximum Gasteiger partial charge on any atom is 0.222 e. The lowest BCUT2D eigenvalue weighted by Gasteiger charge is -2.08. The van der Waals surface area contributed by atoms with Crippen LogP contribution in [0.1, 0.15) is 6.92 Å². The number of rotatable bonds is 4. The van der Waals surface area contributed by atoms with Crippen LogP contribution in [0.25, 0.3) is 20.8 Å². The number of thiophene rings is 1. The van der Waals surface area contributed by atoms with E-state index in [2.05, 4.69) is 25.5 Å². The SMILES string of the molecule is C[C@H](O)CNc1nc(N)nc2cc(-c3ccn[nH]3)sc12. The van der Waals surface area contributed by atoms with Gasteiger partial charge in [-0.1, -0.05) is 0 Å². The van der Waals surface area contributed by atoms with Gasteiger partial charge < -0.3 is 16.2 Å². The Morgan fingerprint density at radius 3 is 3.05 bits per heavy atom. The number of aromatic amines is 1. The van der Waals surface area contributed by atoms with Crippen LogP contribution in [0.15, 0.2) is 18.3 Å². The highest BCUT2D eigenvalue weighted by molar-refractivity contribution is 7.22. The lowest BCUT2D eigenvalue weighted by molar-refractivity contribution is 0.208. The van der Waals surface area contributed by atoms with E-state index in [4.69, 9.17) is 5.73 Å². The Labute approximate surface area is 118 Å². The first-order valence-corrected chi connectivity index (χ1v) is 6.94. The van der Waals surface area contributed by atoms with Crippen molar-refractivity contribution in [1.29, 1.82) is 0 Å². The van der Waals surface area contributed by atoms with Gasteiger partial charge in [-0.15, -0.1) is 11.3 Å². The minimum absolute atomic E-state index is 0.208. The maximum atomic E-state index is 9.36. The molecule has 8 heteroatoms. The van der Waals surface area contributed by atoms with Crippen LogP contribution in [0.3, 0.4) is 0 Å². The van der Waals surface area contributed by atoms with Crippen LogP contribution in [0, 0.1) is 0 Å². The summed E-state index contributed by atoms with van der Waals surface area (Å²) >= 11 is 1.55. The number of fused-ring (bicyclic) bond motifs is 1. The number of aliphatic hydroxyl groups is 1. The van der Waals surface area contributed by atoms with Gasteiger partial charge in [-0.3, -0.25) is 5.10 Å². The molecule has 0 amide bonds. The molecular weight excluding hydrogens is 276 g/mol. The van der Waals surface area contributed by atoms with Gasteiger partial charge in [0.05, 0.1) is 26.9 Å². The van der Waals surface area contributed by atoms with Gasteiger partial charge in [0.1, 0.15) is 5.82 Å². The summed E-state index contributed by atoms with van der Waals surface area (Å²) in [5.74, 6) is 0.851. The summed E-state index contributed by atoms with van der Waals surface area (Å²) in [7, 11) is 0. The van der Waals surface area contributed by atoms with Gasteiger partial charge in [-0.25, -0.2) is 4.98 Å². The molecule has 0 aromatic carbocycles. The van der Waals surface area contributed by atoms with E-state index in [1.807, 2.05) is 12.1 Å². The van der Waals surface area contributed by atoms with Crippen LogP contribution in [0.4, 0.5) is 11.8 Å². The van der Waals surface area contributed by atoms with E-state index in [0.29, 0.717) is 12.4 Å². The van der Waals surface area contributed by atoms with Crippen LogP contribution >= 0.6 is 11.3 Å². The van der Waals surface area contributed by atoms with Crippen LogP contribution in [0.5, 0.6) is 0 Å². The summed E-state index contributed by atoms with van der Waals surface area (Å²) in [6.07, 6.45) is 1.24. The lowest BCUT2D eigenvalue weighted by Crippen LogP contribution is -2.16. The zero-order valence-electron chi connectivity index (χ0n) is 10.8. The van der Waals surface area contributed by atoms with Crippen molar-refractivity contribution in [3.63, 3.8) is 0 Å².